The van der Waals surface area contributed by atoms with E-state index in [4.69, 9.17) is 5.73 Å². The topological polar surface area (TPSA) is 29.3 Å². The molecule has 0 aromatic heterocycles. The van der Waals surface area contributed by atoms with Crippen molar-refractivity contribution in [3.8, 4) is 0 Å². The highest BCUT2D eigenvalue weighted by molar-refractivity contribution is 5.30. The van der Waals surface area contributed by atoms with Crippen LogP contribution >= 0.6 is 0 Å². The number of aryl methyl sites for hydroxylation is 2. The Labute approximate surface area is 112 Å². The quantitative estimate of drug-likeness (QED) is 0.838. The molecule has 1 aromatic carbocycles. The van der Waals surface area contributed by atoms with Gasteiger partial charge in [0.1, 0.15) is 0 Å². The molecule has 1 rings (SSSR count). The Morgan fingerprint density at radius 2 is 1.89 bits per heavy atom. The van der Waals surface area contributed by atoms with Crippen molar-refractivity contribution >= 4 is 0 Å². The third-order valence-electron chi connectivity index (χ3n) is 3.67. The highest BCUT2D eigenvalue weighted by atomic mass is 15.1. The number of nitrogens with two attached hydrogens (primary N) is 1. The van der Waals surface area contributed by atoms with Gasteiger partial charge in [0, 0.05) is 6.54 Å². The lowest BCUT2D eigenvalue weighted by molar-refractivity contribution is 0.248. The summed E-state index contributed by atoms with van der Waals surface area (Å²) in [5.41, 5.74) is 10.2. The second-order valence-corrected chi connectivity index (χ2v) is 6.29. The average molecular weight is 248 g/mol. The van der Waals surface area contributed by atoms with Gasteiger partial charge >= 0.3 is 0 Å². The fourth-order valence-electron chi connectivity index (χ4n) is 1.94. The Hall–Kier alpha value is -0.860. The summed E-state index contributed by atoms with van der Waals surface area (Å²) in [7, 11) is 2.19. The summed E-state index contributed by atoms with van der Waals surface area (Å²) in [6.07, 6.45) is 1.14. The Kier molecular flexibility index (Phi) is 5.36. The third-order valence-corrected chi connectivity index (χ3v) is 3.67. The lowest BCUT2D eigenvalue weighted by Crippen LogP contribution is -2.29. The molecule has 0 spiro atoms. The smallest absolute Gasteiger partial charge is 0.0233 e. The first kappa shape index (κ1) is 15.2. The molecule has 18 heavy (non-hydrogen) atoms. The molecule has 0 aliphatic carbocycles. The summed E-state index contributed by atoms with van der Waals surface area (Å²) in [6.45, 7) is 11.7. The van der Waals surface area contributed by atoms with Crippen molar-refractivity contribution in [2.45, 2.75) is 40.7 Å². The van der Waals surface area contributed by atoms with Gasteiger partial charge in [0.15, 0.2) is 0 Å². The molecular formula is C16H28N2. The van der Waals surface area contributed by atoms with Crippen molar-refractivity contribution in [2.75, 3.05) is 20.1 Å². The lowest BCUT2D eigenvalue weighted by atomic mass is 9.89. The van der Waals surface area contributed by atoms with Crippen molar-refractivity contribution in [1.82, 2.24) is 4.90 Å². The zero-order chi connectivity index (χ0) is 13.8. The first-order valence-electron chi connectivity index (χ1n) is 6.79. The van der Waals surface area contributed by atoms with Crippen LogP contribution in [0.25, 0.3) is 0 Å². The fraction of sp³-hybridized carbons (Fsp3) is 0.625. The number of rotatable bonds is 6. The van der Waals surface area contributed by atoms with Crippen LogP contribution in [0.3, 0.4) is 0 Å². The standard InChI is InChI=1S/C16H28N2/c1-13-6-7-14(2)15(10-13)11-18(5)9-8-16(3,4)12-17/h6-7,10H,8-9,11-12,17H2,1-5H3. The van der Waals surface area contributed by atoms with Gasteiger partial charge in [0.05, 0.1) is 0 Å². The molecule has 0 aliphatic heterocycles. The summed E-state index contributed by atoms with van der Waals surface area (Å²) in [5, 5.41) is 0. The zero-order valence-corrected chi connectivity index (χ0v) is 12.6. The van der Waals surface area contributed by atoms with Gasteiger partial charge in [-0.05, 0) is 56.9 Å². The molecule has 0 heterocycles. The van der Waals surface area contributed by atoms with Crippen molar-refractivity contribution in [1.29, 1.82) is 0 Å². The van der Waals surface area contributed by atoms with Crippen LogP contribution < -0.4 is 5.73 Å². The first-order chi connectivity index (χ1) is 8.34. The van der Waals surface area contributed by atoms with Gasteiger partial charge < -0.3 is 10.6 Å². The predicted molar refractivity (Wildman–Crippen MR) is 79.7 cm³/mol. The van der Waals surface area contributed by atoms with Crippen molar-refractivity contribution in [2.24, 2.45) is 11.1 Å². The van der Waals surface area contributed by atoms with Crippen LogP contribution in [0.5, 0.6) is 0 Å². The molecule has 0 aliphatic rings. The summed E-state index contributed by atoms with van der Waals surface area (Å²) < 4.78 is 0. The van der Waals surface area contributed by atoms with E-state index in [-0.39, 0.29) is 5.41 Å². The van der Waals surface area contributed by atoms with E-state index < -0.39 is 0 Å². The molecule has 0 saturated carbocycles. The van der Waals surface area contributed by atoms with E-state index in [1.54, 1.807) is 0 Å². The molecule has 0 atom stereocenters. The number of hydrogen-bond donors (Lipinski definition) is 1. The highest BCUT2D eigenvalue weighted by Crippen LogP contribution is 2.19. The average Bonchev–Trinajstić information content (AvgIpc) is 2.31. The summed E-state index contributed by atoms with van der Waals surface area (Å²) in [4.78, 5) is 2.39. The normalized spacial score (nSPS) is 12.2. The van der Waals surface area contributed by atoms with Gasteiger partial charge in [-0.2, -0.15) is 0 Å². The minimum absolute atomic E-state index is 0.246. The van der Waals surface area contributed by atoms with E-state index in [0.29, 0.717) is 0 Å². The zero-order valence-electron chi connectivity index (χ0n) is 12.6. The Balaban J connectivity index is 2.54. The molecule has 0 radical (unpaired) electrons. The molecule has 2 heteroatoms. The van der Waals surface area contributed by atoms with Gasteiger partial charge in [-0.15, -0.1) is 0 Å². The maximum atomic E-state index is 5.77. The number of benzene rings is 1. The van der Waals surface area contributed by atoms with Crippen LogP contribution in [-0.4, -0.2) is 25.0 Å². The first-order valence-corrected chi connectivity index (χ1v) is 6.79. The van der Waals surface area contributed by atoms with Gasteiger partial charge in [-0.1, -0.05) is 37.6 Å². The summed E-state index contributed by atoms with van der Waals surface area (Å²) >= 11 is 0. The van der Waals surface area contributed by atoms with Crippen LogP contribution in [0.1, 0.15) is 37.0 Å². The second kappa shape index (κ2) is 6.35. The molecule has 0 amide bonds. The number of hydrogen-bond acceptors (Lipinski definition) is 2. The Morgan fingerprint density at radius 3 is 2.50 bits per heavy atom. The largest absolute Gasteiger partial charge is 0.330 e. The van der Waals surface area contributed by atoms with Gasteiger partial charge in [-0.25, -0.2) is 0 Å². The molecule has 2 N–H and O–H groups in total. The molecule has 0 fully saturated rings. The molecule has 1 aromatic rings. The maximum Gasteiger partial charge on any atom is 0.0233 e. The van der Waals surface area contributed by atoms with Crippen molar-refractivity contribution < 1.29 is 0 Å². The lowest BCUT2D eigenvalue weighted by Gasteiger charge is -2.26. The van der Waals surface area contributed by atoms with Crippen molar-refractivity contribution in [3.05, 3.63) is 34.9 Å². The van der Waals surface area contributed by atoms with E-state index in [0.717, 1.165) is 26.1 Å². The molecule has 102 valence electrons. The molecule has 0 saturated heterocycles. The van der Waals surface area contributed by atoms with Crippen LogP contribution in [0.15, 0.2) is 18.2 Å². The minimum atomic E-state index is 0.246. The predicted octanol–water partition coefficient (Wildman–Crippen LogP) is 3.11. The maximum absolute atomic E-state index is 5.77. The second-order valence-electron chi connectivity index (χ2n) is 6.29. The molecular weight excluding hydrogens is 220 g/mol. The third kappa shape index (κ3) is 4.79. The number of nitrogens with zero attached hydrogens (tertiary/aromatic N) is 1. The van der Waals surface area contributed by atoms with Crippen LogP contribution in [0.2, 0.25) is 0 Å². The van der Waals surface area contributed by atoms with Crippen LogP contribution in [0, 0.1) is 19.3 Å². The van der Waals surface area contributed by atoms with Gasteiger partial charge in [0.2, 0.25) is 0 Å². The highest BCUT2D eigenvalue weighted by Gasteiger charge is 2.16. The minimum Gasteiger partial charge on any atom is -0.330 e. The summed E-state index contributed by atoms with van der Waals surface area (Å²) in [5.74, 6) is 0. The molecule has 0 bridgehead atoms. The van der Waals surface area contributed by atoms with Gasteiger partial charge in [-0.3, -0.25) is 0 Å². The van der Waals surface area contributed by atoms with E-state index in [1.165, 1.54) is 16.7 Å². The van der Waals surface area contributed by atoms with Gasteiger partial charge in [0.25, 0.3) is 0 Å². The summed E-state index contributed by atoms with van der Waals surface area (Å²) in [6, 6.07) is 6.68. The van der Waals surface area contributed by atoms with Crippen LogP contribution in [-0.2, 0) is 6.54 Å². The Morgan fingerprint density at radius 1 is 1.22 bits per heavy atom. The van der Waals surface area contributed by atoms with E-state index in [1.807, 2.05) is 0 Å². The SMILES string of the molecule is Cc1ccc(C)c(CN(C)CCC(C)(C)CN)c1. The van der Waals surface area contributed by atoms with E-state index in [2.05, 4.69) is 57.8 Å². The van der Waals surface area contributed by atoms with Crippen molar-refractivity contribution in [3.63, 3.8) is 0 Å². The van der Waals surface area contributed by atoms with E-state index >= 15 is 0 Å². The van der Waals surface area contributed by atoms with E-state index in [9.17, 15) is 0 Å². The Bertz CT molecular complexity index is 383. The molecule has 0 unspecified atom stereocenters. The fourth-order valence-corrected chi connectivity index (χ4v) is 1.94. The monoisotopic (exact) mass is 248 g/mol. The molecule has 2 nitrogen and oxygen atoms in total. The van der Waals surface area contributed by atoms with Crippen LogP contribution in [0.4, 0.5) is 0 Å².